The van der Waals surface area contributed by atoms with Gasteiger partial charge in [0.05, 0.1) is 0 Å². The lowest BCUT2D eigenvalue weighted by Crippen LogP contribution is -2.18. The van der Waals surface area contributed by atoms with Crippen molar-refractivity contribution in [2.45, 2.75) is 6.54 Å². The summed E-state index contributed by atoms with van der Waals surface area (Å²) in [6.07, 6.45) is 0. The topological polar surface area (TPSA) is 82.5 Å². The molecule has 3 aromatic rings. The number of hydrogen-bond acceptors (Lipinski definition) is 5. The second kappa shape index (κ2) is 7.78. The number of fused-ring (bicyclic) bond motifs is 1. The maximum atomic E-state index is 12.2. The molecule has 0 unspecified atom stereocenters. The van der Waals surface area contributed by atoms with Crippen LogP contribution in [0.5, 0.6) is 5.75 Å². The van der Waals surface area contributed by atoms with Gasteiger partial charge in [-0.3, -0.25) is 0 Å². The monoisotopic (exact) mass is 457 g/mol. The van der Waals surface area contributed by atoms with Crippen LogP contribution in [-0.2, 0) is 6.54 Å². The van der Waals surface area contributed by atoms with Crippen LogP contribution in [0.2, 0.25) is 0 Å². The van der Waals surface area contributed by atoms with Gasteiger partial charge in [-0.05, 0) is 64.6 Å². The number of halogens is 2. The summed E-state index contributed by atoms with van der Waals surface area (Å²) in [5.41, 5.74) is 6.00. The van der Waals surface area contributed by atoms with Crippen molar-refractivity contribution in [3.63, 3.8) is 0 Å². The van der Waals surface area contributed by atoms with Crippen molar-refractivity contribution in [2.24, 2.45) is 5.73 Å². The summed E-state index contributed by atoms with van der Waals surface area (Å²) in [6, 6.07) is 13.7. The van der Waals surface area contributed by atoms with E-state index in [-0.39, 0.29) is 18.0 Å². The predicted octanol–water partition coefficient (Wildman–Crippen LogP) is 3.50. The van der Waals surface area contributed by atoms with E-state index in [0.29, 0.717) is 23.3 Å². The van der Waals surface area contributed by atoms with E-state index >= 15 is 0 Å². The fraction of sp³-hybridized carbons (Fsp3) is 0.0588. The van der Waals surface area contributed by atoms with Crippen molar-refractivity contribution < 1.29 is 13.9 Å². The third-order valence-electron chi connectivity index (χ3n) is 3.26. The molecule has 7 heteroatoms. The Kier molecular flexibility index (Phi) is 5.98. The van der Waals surface area contributed by atoms with Crippen molar-refractivity contribution in [2.75, 3.05) is 0 Å². The van der Waals surface area contributed by atoms with Gasteiger partial charge in [0.15, 0.2) is 0 Å². The fourth-order valence-corrected chi connectivity index (χ4v) is 2.65. The van der Waals surface area contributed by atoms with Gasteiger partial charge in [0.2, 0.25) is 0 Å². The molecule has 3 rings (SSSR count). The van der Waals surface area contributed by atoms with Crippen molar-refractivity contribution in [3.05, 3.63) is 73.6 Å². The Morgan fingerprint density at radius 3 is 2.67 bits per heavy atom. The summed E-state index contributed by atoms with van der Waals surface area (Å²) < 4.78 is 11.3. The molecule has 0 aliphatic carbocycles. The van der Waals surface area contributed by atoms with Crippen LogP contribution in [0.25, 0.3) is 11.0 Å². The lowest BCUT2D eigenvalue weighted by Gasteiger charge is -2.05. The van der Waals surface area contributed by atoms with Gasteiger partial charge in [-0.1, -0.05) is 12.1 Å². The first-order valence-electron chi connectivity index (χ1n) is 6.81. The fourth-order valence-electron chi connectivity index (χ4n) is 2.13. The van der Waals surface area contributed by atoms with Gasteiger partial charge in [-0.2, -0.15) is 0 Å². The van der Waals surface area contributed by atoms with Gasteiger partial charge < -0.3 is 14.9 Å². The normalized spacial score (nSPS) is 10.2. The number of carbonyl (C=O) groups is 1. The SMILES string of the molecule is Cl.NCc1ccc2oc(=O)c(C(=O)Oc3cccc(I)c3)cc2c1. The maximum absolute atomic E-state index is 12.2. The molecular formula is C17H13ClINO4. The zero-order valence-corrected chi connectivity index (χ0v) is 15.3. The highest BCUT2D eigenvalue weighted by Crippen LogP contribution is 2.18. The molecule has 0 spiro atoms. The average molecular weight is 458 g/mol. The average Bonchev–Trinajstić information content (AvgIpc) is 2.53. The van der Waals surface area contributed by atoms with Gasteiger partial charge in [0, 0.05) is 15.5 Å². The molecule has 0 amide bonds. The van der Waals surface area contributed by atoms with Crippen LogP contribution in [0.3, 0.4) is 0 Å². The number of rotatable bonds is 3. The molecule has 0 saturated heterocycles. The Labute approximate surface area is 157 Å². The predicted molar refractivity (Wildman–Crippen MR) is 102 cm³/mol. The van der Waals surface area contributed by atoms with Crippen LogP contribution in [0.1, 0.15) is 15.9 Å². The number of ether oxygens (including phenoxy) is 1. The number of nitrogens with two attached hydrogens (primary N) is 1. The minimum atomic E-state index is -0.749. The zero-order chi connectivity index (χ0) is 16.4. The summed E-state index contributed by atoms with van der Waals surface area (Å²) in [4.78, 5) is 24.2. The Bertz CT molecular complexity index is 955. The van der Waals surface area contributed by atoms with Gasteiger partial charge in [-0.25, -0.2) is 9.59 Å². The smallest absolute Gasteiger partial charge is 0.351 e. The molecule has 0 radical (unpaired) electrons. The maximum Gasteiger partial charge on any atom is 0.351 e. The number of carbonyl (C=O) groups excluding carboxylic acids is 1. The van der Waals surface area contributed by atoms with Crippen LogP contribution in [0.4, 0.5) is 0 Å². The molecule has 2 aromatic carbocycles. The van der Waals surface area contributed by atoms with Crippen molar-refractivity contribution >= 4 is 51.9 Å². The summed E-state index contributed by atoms with van der Waals surface area (Å²) in [5.74, 6) is -0.377. The van der Waals surface area contributed by atoms with Gasteiger partial charge >= 0.3 is 11.6 Å². The van der Waals surface area contributed by atoms with Crippen LogP contribution in [0.15, 0.2) is 57.7 Å². The third kappa shape index (κ3) is 3.95. The first-order valence-corrected chi connectivity index (χ1v) is 7.89. The van der Waals surface area contributed by atoms with Gasteiger partial charge in [0.25, 0.3) is 0 Å². The molecular weight excluding hydrogens is 445 g/mol. The van der Waals surface area contributed by atoms with E-state index in [1.807, 2.05) is 6.07 Å². The van der Waals surface area contributed by atoms with E-state index in [2.05, 4.69) is 22.6 Å². The molecule has 0 aliphatic heterocycles. The van der Waals surface area contributed by atoms with Gasteiger partial charge in [-0.15, -0.1) is 12.4 Å². The Hall–Kier alpha value is -1.90. The van der Waals surface area contributed by atoms with Gasteiger partial charge in [0.1, 0.15) is 16.9 Å². The van der Waals surface area contributed by atoms with Crippen LogP contribution < -0.4 is 16.1 Å². The first kappa shape index (κ1) is 18.4. The number of esters is 1. The molecule has 0 bridgehead atoms. The van der Waals surface area contributed by atoms with E-state index < -0.39 is 11.6 Å². The van der Waals surface area contributed by atoms with Crippen LogP contribution in [0, 0.1) is 3.57 Å². The number of hydrogen-bond donors (Lipinski definition) is 1. The Morgan fingerprint density at radius 2 is 1.96 bits per heavy atom. The molecule has 0 saturated carbocycles. The van der Waals surface area contributed by atoms with E-state index in [9.17, 15) is 9.59 Å². The van der Waals surface area contributed by atoms with E-state index in [1.54, 1.807) is 36.4 Å². The highest BCUT2D eigenvalue weighted by molar-refractivity contribution is 14.1. The molecule has 1 aromatic heterocycles. The Balaban J connectivity index is 0.00000208. The molecule has 24 heavy (non-hydrogen) atoms. The molecule has 1 heterocycles. The van der Waals surface area contributed by atoms with E-state index in [0.717, 1.165) is 9.13 Å². The van der Waals surface area contributed by atoms with E-state index in [1.165, 1.54) is 6.07 Å². The highest BCUT2D eigenvalue weighted by Gasteiger charge is 2.16. The zero-order valence-electron chi connectivity index (χ0n) is 12.3. The van der Waals surface area contributed by atoms with Crippen molar-refractivity contribution in [1.82, 2.24) is 0 Å². The molecule has 0 atom stereocenters. The van der Waals surface area contributed by atoms with Crippen molar-refractivity contribution in [3.8, 4) is 5.75 Å². The summed E-state index contributed by atoms with van der Waals surface area (Å²) >= 11 is 2.11. The molecule has 2 N–H and O–H groups in total. The minimum Gasteiger partial charge on any atom is -0.423 e. The summed E-state index contributed by atoms with van der Waals surface area (Å²) in [6.45, 7) is 0.358. The highest BCUT2D eigenvalue weighted by atomic mass is 127. The van der Waals surface area contributed by atoms with E-state index in [4.69, 9.17) is 14.9 Å². The largest absolute Gasteiger partial charge is 0.423 e. The quantitative estimate of drug-likeness (QED) is 0.282. The van der Waals surface area contributed by atoms with Crippen LogP contribution >= 0.6 is 35.0 Å². The second-order valence-electron chi connectivity index (χ2n) is 4.87. The second-order valence-corrected chi connectivity index (χ2v) is 6.12. The number of benzene rings is 2. The molecule has 5 nitrogen and oxygen atoms in total. The summed E-state index contributed by atoms with van der Waals surface area (Å²) in [7, 11) is 0. The molecule has 0 aliphatic rings. The summed E-state index contributed by atoms with van der Waals surface area (Å²) in [5, 5.41) is 0.627. The lowest BCUT2D eigenvalue weighted by molar-refractivity contribution is 0.0730. The van der Waals surface area contributed by atoms with Crippen molar-refractivity contribution in [1.29, 1.82) is 0 Å². The standard InChI is InChI=1S/C17H12INO4.ClH/c18-12-2-1-3-13(8-12)22-16(20)14-7-11-6-10(9-19)4-5-15(11)23-17(14)21;/h1-8H,9,19H2;1H. The minimum absolute atomic E-state index is 0. The molecule has 0 fully saturated rings. The lowest BCUT2D eigenvalue weighted by atomic mass is 10.1. The Morgan fingerprint density at radius 1 is 1.17 bits per heavy atom. The molecule has 124 valence electrons. The van der Waals surface area contributed by atoms with Crippen LogP contribution in [-0.4, -0.2) is 5.97 Å². The third-order valence-corrected chi connectivity index (χ3v) is 3.93. The first-order chi connectivity index (χ1) is 11.1.